The Morgan fingerprint density at radius 2 is 1.79 bits per heavy atom. The van der Waals surface area contributed by atoms with Gasteiger partial charge in [-0.25, -0.2) is 4.79 Å². The number of unbranched alkanes of at least 4 members (excludes halogenated alkanes) is 1. The third kappa shape index (κ3) is 7.88. The molecule has 0 aromatic rings. The van der Waals surface area contributed by atoms with E-state index < -0.39 is 48.2 Å². The summed E-state index contributed by atoms with van der Waals surface area (Å²) < 4.78 is 5.17. The van der Waals surface area contributed by atoms with Crippen LogP contribution in [0.25, 0.3) is 0 Å². The fourth-order valence-electron chi connectivity index (χ4n) is 3.20. The van der Waals surface area contributed by atoms with Crippen LogP contribution >= 0.6 is 0 Å². The summed E-state index contributed by atoms with van der Waals surface area (Å²) in [5, 5.41) is 41.5. The number of nitrogens with one attached hydrogen (secondary N) is 1. The lowest BCUT2D eigenvalue weighted by Crippen LogP contribution is -2.62. The molecule has 10 nitrogen and oxygen atoms in total. The molecule has 0 aromatic heterocycles. The van der Waals surface area contributed by atoms with Crippen LogP contribution in [0, 0.1) is 5.92 Å². The number of esters is 1. The molecule has 1 amide bonds. The number of amides is 1. The highest BCUT2D eigenvalue weighted by molar-refractivity contribution is 5.85. The zero-order valence-corrected chi connectivity index (χ0v) is 17.3. The summed E-state index contributed by atoms with van der Waals surface area (Å²) in [6.07, 6.45) is -2.41. The molecule has 168 valence electrons. The molecule has 0 saturated carbocycles. The number of piperidine rings is 1. The van der Waals surface area contributed by atoms with Gasteiger partial charge in [-0.3, -0.25) is 14.5 Å². The van der Waals surface area contributed by atoms with E-state index in [-0.39, 0.29) is 31.9 Å². The number of aliphatic carboxylic acids is 1. The molecule has 0 bridgehead atoms. The summed E-state index contributed by atoms with van der Waals surface area (Å²) in [5.74, 6) is -2.68. The Balaban J connectivity index is 2.52. The molecule has 0 radical (unpaired) electrons. The average Bonchev–Trinajstić information content (AvgIpc) is 2.65. The van der Waals surface area contributed by atoms with Crippen LogP contribution in [0.5, 0.6) is 0 Å². The number of carbonyl (C=O) groups is 3. The van der Waals surface area contributed by atoms with Crippen molar-refractivity contribution in [2.45, 2.75) is 76.9 Å². The molecular formula is C19H34N2O8. The van der Waals surface area contributed by atoms with Gasteiger partial charge >= 0.3 is 11.9 Å². The quantitative estimate of drug-likeness (QED) is 0.268. The normalized spacial score (nSPS) is 26.2. The number of hydrogen-bond donors (Lipinski definition) is 5. The van der Waals surface area contributed by atoms with E-state index in [1.807, 2.05) is 6.92 Å². The number of carbonyl (C=O) groups excluding carboxylic acids is 2. The first kappa shape index (κ1) is 25.3. The van der Waals surface area contributed by atoms with Gasteiger partial charge in [-0.15, -0.1) is 0 Å². The van der Waals surface area contributed by atoms with E-state index in [1.165, 1.54) is 0 Å². The highest BCUT2D eigenvalue weighted by Gasteiger charge is 2.41. The highest BCUT2D eigenvalue weighted by Crippen LogP contribution is 2.20. The van der Waals surface area contributed by atoms with Crippen molar-refractivity contribution in [1.29, 1.82) is 0 Å². The number of carboxylic acids is 1. The van der Waals surface area contributed by atoms with E-state index in [4.69, 9.17) is 9.84 Å². The molecular weight excluding hydrogens is 384 g/mol. The maximum absolute atomic E-state index is 12.0. The van der Waals surface area contributed by atoms with Crippen molar-refractivity contribution in [1.82, 2.24) is 10.2 Å². The number of ether oxygens (including phenoxy) is 1. The molecule has 10 heteroatoms. The fraction of sp³-hybridized carbons (Fsp3) is 0.842. The second-order valence-corrected chi connectivity index (χ2v) is 7.77. The number of rotatable bonds is 11. The van der Waals surface area contributed by atoms with Gasteiger partial charge < -0.3 is 30.5 Å². The van der Waals surface area contributed by atoms with Gasteiger partial charge in [0.1, 0.15) is 24.9 Å². The summed E-state index contributed by atoms with van der Waals surface area (Å²) in [6, 6.07) is -1.69. The molecule has 0 aliphatic carbocycles. The van der Waals surface area contributed by atoms with E-state index in [2.05, 4.69) is 5.32 Å². The second kappa shape index (κ2) is 12.1. The minimum absolute atomic E-state index is 0.161. The van der Waals surface area contributed by atoms with Crippen LogP contribution in [0.2, 0.25) is 0 Å². The smallest absolute Gasteiger partial charge is 0.326 e. The largest absolute Gasteiger partial charge is 0.480 e. The van der Waals surface area contributed by atoms with Crippen LogP contribution in [0.3, 0.4) is 0 Å². The summed E-state index contributed by atoms with van der Waals surface area (Å²) >= 11 is 0. The lowest BCUT2D eigenvalue weighted by molar-refractivity contribution is -0.163. The van der Waals surface area contributed by atoms with E-state index >= 15 is 0 Å². The maximum atomic E-state index is 12.0. The van der Waals surface area contributed by atoms with Gasteiger partial charge in [-0.1, -0.05) is 27.2 Å². The molecule has 5 N–H and O–H groups in total. The number of nitrogens with zero attached hydrogens (tertiary/aromatic N) is 1. The van der Waals surface area contributed by atoms with Gasteiger partial charge in [0, 0.05) is 13.0 Å². The van der Waals surface area contributed by atoms with Crippen molar-refractivity contribution < 1.29 is 39.5 Å². The van der Waals surface area contributed by atoms with Crippen molar-refractivity contribution in [3.05, 3.63) is 0 Å². The Morgan fingerprint density at radius 3 is 2.34 bits per heavy atom. The Labute approximate surface area is 170 Å². The second-order valence-electron chi connectivity index (χ2n) is 7.77. The summed E-state index contributed by atoms with van der Waals surface area (Å²) in [5.41, 5.74) is 0. The van der Waals surface area contributed by atoms with Gasteiger partial charge in [-0.05, 0) is 18.9 Å². The number of β-amino-alcohol motifs (C(OH)–C–C–N with tert-alkyl or cyclic N) is 1. The Morgan fingerprint density at radius 1 is 1.14 bits per heavy atom. The number of aliphatic hydroxyl groups excluding tert-OH is 3. The van der Waals surface area contributed by atoms with E-state index in [9.17, 15) is 29.7 Å². The molecule has 1 heterocycles. The van der Waals surface area contributed by atoms with Crippen molar-refractivity contribution >= 4 is 17.8 Å². The molecule has 5 atom stereocenters. The van der Waals surface area contributed by atoms with E-state index in [0.29, 0.717) is 6.54 Å². The van der Waals surface area contributed by atoms with Crippen LogP contribution in [0.15, 0.2) is 0 Å². The van der Waals surface area contributed by atoms with Gasteiger partial charge in [0.2, 0.25) is 5.91 Å². The molecule has 0 aromatic carbocycles. The molecule has 1 rings (SSSR count). The predicted molar refractivity (Wildman–Crippen MR) is 103 cm³/mol. The van der Waals surface area contributed by atoms with Crippen LogP contribution in [-0.4, -0.2) is 93.3 Å². The lowest BCUT2D eigenvalue weighted by Gasteiger charge is -2.43. The monoisotopic (exact) mass is 418 g/mol. The van der Waals surface area contributed by atoms with Gasteiger partial charge in [0.15, 0.2) is 0 Å². The average molecular weight is 418 g/mol. The zero-order valence-electron chi connectivity index (χ0n) is 17.3. The first-order chi connectivity index (χ1) is 13.6. The topological polar surface area (TPSA) is 157 Å². The molecule has 1 saturated heterocycles. The summed E-state index contributed by atoms with van der Waals surface area (Å²) in [6.45, 7) is 5.89. The SMILES string of the molecule is CCCCN1C[C@H](O)[C@@H](O)[C@H](O)[C@H]1COC(=O)CCC(=O)N[C@H](C(=O)O)C(C)C. The Bertz CT molecular complexity index is 556. The number of likely N-dealkylation sites (tertiary alicyclic amines) is 1. The summed E-state index contributed by atoms with van der Waals surface area (Å²) in [4.78, 5) is 36.8. The molecule has 1 aliphatic rings. The maximum Gasteiger partial charge on any atom is 0.326 e. The molecule has 1 aliphatic heterocycles. The Hall–Kier alpha value is -1.75. The third-order valence-corrected chi connectivity index (χ3v) is 5.05. The molecule has 29 heavy (non-hydrogen) atoms. The van der Waals surface area contributed by atoms with Crippen LogP contribution in [0.4, 0.5) is 0 Å². The summed E-state index contributed by atoms with van der Waals surface area (Å²) in [7, 11) is 0. The molecule has 1 fully saturated rings. The van der Waals surface area contributed by atoms with E-state index in [0.717, 1.165) is 12.8 Å². The minimum atomic E-state index is -1.33. The first-order valence-corrected chi connectivity index (χ1v) is 10.0. The molecule has 0 unspecified atom stereocenters. The standard InChI is InChI=1S/C19H34N2O8/c1-4-5-8-21-9-13(22)18(26)17(25)12(21)10-29-15(24)7-6-14(23)20-16(11(2)3)19(27)28/h11-13,16-18,22,25-26H,4-10H2,1-3H3,(H,20,23)(H,27,28)/t12-,13+,16+,17-,18-/m1/s1. The van der Waals surface area contributed by atoms with Gasteiger partial charge in [0.05, 0.1) is 18.6 Å². The highest BCUT2D eigenvalue weighted by atomic mass is 16.5. The minimum Gasteiger partial charge on any atom is -0.480 e. The first-order valence-electron chi connectivity index (χ1n) is 10.0. The van der Waals surface area contributed by atoms with Crippen LogP contribution in [0.1, 0.15) is 46.5 Å². The Kier molecular flexibility index (Phi) is 10.5. The lowest BCUT2D eigenvalue weighted by atomic mass is 9.94. The number of hydrogen-bond acceptors (Lipinski definition) is 8. The van der Waals surface area contributed by atoms with Crippen molar-refractivity contribution in [3.63, 3.8) is 0 Å². The van der Waals surface area contributed by atoms with Crippen molar-refractivity contribution in [2.75, 3.05) is 19.7 Å². The zero-order chi connectivity index (χ0) is 22.1. The van der Waals surface area contributed by atoms with Crippen molar-refractivity contribution in [3.8, 4) is 0 Å². The van der Waals surface area contributed by atoms with Crippen molar-refractivity contribution in [2.24, 2.45) is 5.92 Å². The van der Waals surface area contributed by atoms with Crippen LogP contribution in [-0.2, 0) is 19.1 Å². The van der Waals surface area contributed by atoms with E-state index in [1.54, 1.807) is 18.7 Å². The van der Waals surface area contributed by atoms with Gasteiger partial charge in [0.25, 0.3) is 0 Å². The number of aliphatic hydroxyl groups is 3. The number of carboxylic acid groups (broad SMARTS) is 1. The third-order valence-electron chi connectivity index (χ3n) is 5.05. The fourth-order valence-corrected chi connectivity index (χ4v) is 3.20. The predicted octanol–water partition coefficient (Wildman–Crippen LogP) is -0.898. The molecule has 0 spiro atoms. The van der Waals surface area contributed by atoms with Gasteiger partial charge in [-0.2, -0.15) is 0 Å². The van der Waals surface area contributed by atoms with Crippen LogP contribution < -0.4 is 5.32 Å².